The van der Waals surface area contributed by atoms with E-state index in [4.69, 9.17) is 15.2 Å². The highest BCUT2D eigenvalue weighted by Gasteiger charge is 2.07. The van der Waals surface area contributed by atoms with Gasteiger partial charge in [-0.25, -0.2) is 0 Å². The Bertz CT molecular complexity index is 609. The molecule has 0 fully saturated rings. The van der Waals surface area contributed by atoms with Gasteiger partial charge in [-0.2, -0.15) is 0 Å². The SMILES string of the molecule is COc1ccc(C(=O)Nc2ccc(OC)c(N)c2)cc1. The van der Waals surface area contributed by atoms with Gasteiger partial charge in [-0.1, -0.05) is 0 Å². The predicted molar refractivity (Wildman–Crippen MR) is 78.4 cm³/mol. The third kappa shape index (κ3) is 3.00. The number of amides is 1. The number of hydrogen-bond acceptors (Lipinski definition) is 4. The minimum absolute atomic E-state index is 0.211. The van der Waals surface area contributed by atoms with Crippen molar-refractivity contribution in [3.05, 3.63) is 48.0 Å². The van der Waals surface area contributed by atoms with Gasteiger partial charge in [0.2, 0.25) is 0 Å². The number of ether oxygens (including phenoxy) is 2. The number of rotatable bonds is 4. The Kier molecular flexibility index (Phi) is 4.10. The molecule has 0 aliphatic carbocycles. The van der Waals surface area contributed by atoms with Crippen LogP contribution < -0.4 is 20.5 Å². The van der Waals surface area contributed by atoms with Crippen LogP contribution in [0, 0.1) is 0 Å². The van der Waals surface area contributed by atoms with Crippen molar-refractivity contribution in [3.8, 4) is 11.5 Å². The van der Waals surface area contributed by atoms with Gasteiger partial charge >= 0.3 is 0 Å². The summed E-state index contributed by atoms with van der Waals surface area (Å²) in [5.74, 6) is 1.07. The maximum absolute atomic E-state index is 12.1. The van der Waals surface area contributed by atoms with Crippen LogP contribution in [0.5, 0.6) is 11.5 Å². The Labute approximate surface area is 117 Å². The van der Waals surface area contributed by atoms with Crippen LogP contribution in [0.1, 0.15) is 10.4 Å². The molecule has 5 nitrogen and oxygen atoms in total. The van der Waals surface area contributed by atoms with Crippen LogP contribution >= 0.6 is 0 Å². The molecule has 20 heavy (non-hydrogen) atoms. The number of carbonyl (C=O) groups excluding carboxylic acids is 1. The number of benzene rings is 2. The first-order valence-corrected chi connectivity index (χ1v) is 6.03. The highest BCUT2D eigenvalue weighted by atomic mass is 16.5. The van der Waals surface area contributed by atoms with Gasteiger partial charge in [0.15, 0.2) is 0 Å². The monoisotopic (exact) mass is 272 g/mol. The molecule has 5 heteroatoms. The Morgan fingerprint density at radius 2 is 1.75 bits per heavy atom. The topological polar surface area (TPSA) is 73.6 Å². The molecule has 0 unspecified atom stereocenters. The molecule has 0 atom stereocenters. The van der Waals surface area contributed by atoms with E-state index in [1.54, 1.807) is 56.7 Å². The number of hydrogen-bond donors (Lipinski definition) is 2. The molecular weight excluding hydrogens is 256 g/mol. The fourth-order valence-electron chi connectivity index (χ4n) is 1.76. The molecule has 2 aromatic rings. The molecule has 2 aromatic carbocycles. The van der Waals surface area contributed by atoms with Crippen molar-refractivity contribution in [2.75, 3.05) is 25.3 Å². The maximum Gasteiger partial charge on any atom is 0.255 e. The van der Waals surface area contributed by atoms with Crippen LogP contribution in [0.15, 0.2) is 42.5 Å². The number of carbonyl (C=O) groups is 1. The molecule has 2 rings (SSSR count). The van der Waals surface area contributed by atoms with Crippen molar-refractivity contribution < 1.29 is 14.3 Å². The van der Waals surface area contributed by atoms with Crippen LogP contribution in [0.3, 0.4) is 0 Å². The average Bonchev–Trinajstić information content (AvgIpc) is 2.47. The Morgan fingerprint density at radius 1 is 1.05 bits per heavy atom. The van der Waals surface area contributed by atoms with Gasteiger partial charge < -0.3 is 20.5 Å². The normalized spacial score (nSPS) is 9.90. The second-order valence-electron chi connectivity index (χ2n) is 4.14. The zero-order valence-electron chi connectivity index (χ0n) is 11.3. The van der Waals surface area contributed by atoms with Crippen molar-refractivity contribution in [1.82, 2.24) is 0 Å². The van der Waals surface area contributed by atoms with Crippen LogP contribution in [0.2, 0.25) is 0 Å². The van der Waals surface area contributed by atoms with Crippen molar-refractivity contribution in [3.63, 3.8) is 0 Å². The molecule has 0 aliphatic heterocycles. The van der Waals surface area contributed by atoms with E-state index in [-0.39, 0.29) is 5.91 Å². The zero-order chi connectivity index (χ0) is 14.5. The lowest BCUT2D eigenvalue weighted by atomic mass is 10.2. The second-order valence-corrected chi connectivity index (χ2v) is 4.14. The van der Waals surface area contributed by atoms with E-state index in [1.165, 1.54) is 0 Å². The van der Waals surface area contributed by atoms with Gasteiger partial charge in [0.05, 0.1) is 19.9 Å². The standard InChI is InChI=1S/C15H16N2O3/c1-19-12-6-3-10(4-7-12)15(18)17-11-5-8-14(20-2)13(16)9-11/h3-9H,16H2,1-2H3,(H,17,18). The van der Waals surface area contributed by atoms with E-state index in [0.717, 1.165) is 0 Å². The highest BCUT2D eigenvalue weighted by Crippen LogP contribution is 2.25. The quantitative estimate of drug-likeness (QED) is 0.839. The molecular formula is C15H16N2O3. The van der Waals surface area contributed by atoms with Crippen molar-refractivity contribution in [1.29, 1.82) is 0 Å². The first kappa shape index (κ1) is 13.7. The summed E-state index contributed by atoms with van der Waals surface area (Å²) in [6, 6.07) is 12.0. The van der Waals surface area contributed by atoms with Gasteiger partial charge in [-0.15, -0.1) is 0 Å². The van der Waals surface area contributed by atoms with E-state index in [0.29, 0.717) is 28.4 Å². The fourth-order valence-corrected chi connectivity index (χ4v) is 1.76. The molecule has 0 spiro atoms. The molecule has 1 amide bonds. The summed E-state index contributed by atoms with van der Waals surface area (Å²) in [5, 5.41) is 2.77. The summed E-state index contributed by atoms with van der Waals surface area (Å²) in [4.78, 5) is 12.1. The van der Waals surface area contributed by atoms with Gasteiger partial charge in [-0.3, -0.25) is 4.79 Å². The zero-order valence-corrected chi connectivity index (χ0v) is 11.3. The molecule has 0 bridgehead atoms. The minimum Gasteiger partial charge on any atom is -0.497 e. The van der Waals surface area contributed by atoms with Crippen molar-refractivity contribution >= 4 is 17.3 Å². The Morgan fingerprint density at radius 3 is 2.30 bits per heavy atom. The van der Waals surface area contributed by atoms with E-state index in [2.05, 4.69) is 5.32 Å². The number of anilines is 2. The summed E-state index contributed by atoms with van der Waals surface area (Å²) in [6.07, 6.45) is 0. The number of nitrogens with two attached hydrogens (primary N) is 1. The van der Waals surface area contributed by atoms with Gasteiger partial charge in [0, 0.05) is 11.3 Å². The minimum atomic E-state index is -0.211. The Balaban J connectivity index is 2.12. The lowest BCUT2D eigenvalue weighted by Gasteiger charge is -2.09. The summed E-state index contributed by atoms with van der Waals surface area (Å²) >= 11 is 0. The molecule has 0 saturated heterocycles. The second kappa shape index (κ2) is 5.97. The largest absolute Gasteiger partial charge is 0.497 e. The smallest absolute Gasteiger partial charge is 0.255 e. The first-order chi connectivity index (χ1) is 9.63. The molecule has 104 valence electrons. The fraction of sp³-hybridized carbons (Fsp3) is 0.133. The Hall–Kier alpha value is -2.69. The van der Waals surface area contributed by atoms with E-state index in [9.17, 15) is 4.79 Å². The molecule has 0 saturated carbocycles. The number of nitrogens with one attached hydrogen (secondary N) is 1. The number of nitrogen functional groups attached to an aromatic ring is 1. The molecule has 0 aliphatic rings. The lowest BCUT2D eigenvalue weighted by Crippen LogP contribution is -2.12. The predicted octanol–water partition coefficient (Wildman–Crippen LogP) is 2.54. The van der Waals surface area contributed by atoms with Crippen LogP contribution in [0.25, 0.3) is 0 Å². The molecule has 0 aromatic heterocycles. The molecule has 0 radical (unpaired) electrons. The van der Waals surface area contributed by atoms with Crippen LogP contribution in [-0.2, 0) is 0 Å². The van der Waals surface area contributed by atoms with Crippen LogP contribution in [0.4, 0.5) is 11.4 Å². The average molecular weight is 272 g/mol. The van der Waals surface area contributed by atoms with E-state index < -0.39 is 0 Å². The summed E-state index contributed by atoms with van der Waals surface area (Å²) < 4.78 is 10.1. The van der Waals surface area contributed by atoms with Crippen LogP contribution in [-0.4, -0.2) is 20.1 Å². The third-order valence-corrected chi connectivity index (χ3v) is 2.84. The maximum atomic E-state index is 12.1. The molecule has 3 N–H and O–H groups in total. The third-order valence-electron chi connectivity index (χ3n) is 2.84. The van der Waals surface area contributed by atoms with Crippen molar-refractivity contribution in [2.45, 2.75) is 0 Å². The summed E-state index contributed by atoms with van der Waals surface area (Å²) in [6.45, 7) is 0. The first-order valence-electron chi connectivity index (χ1n) is 6.03. The lowest BCUT2D eigenvalue weighted by molar-refractivity contribution is 0.102. The van der Waals surface area contributed by atoms with Gasteiger partial charge in [0.25, 0.3) is 5.91 Å². The van der Waals surface area contributed by atoms with Gasteiger partial charge in [-0.05, 0) is 42.5 Å². The van der Waals surface area contributed by atoms with E-state index in [1.807, 2.05) is 0 Å². The number of methoxy groups -OCH3 is 2. The van der Waals surface area contributed by atoms with Crippen molar-refractivity contribution in [2.24, 2.45) is 0 Å². The summed E-state index contributed by atoms with van der Waals surface area (Å²) in [7, 11) is 3.12. The van der Waals surface area contributed by atoms with E-state index >= 15 is 0 Å². The highest BCUT2D eigenvalue weighted by molar-refractivity contribution is 6.04. The molecule has 0 heterocycles. The van der Waals surface area contributed by atoms with Gasteiger partial charge in [0.1, 0.15) is 11.5 Å². The summed E-state index contributed by atoms with van der Waals surface area (Å²) in [5.41, 5.74) is 7.42.